The van der Waals surface area contributed by atoms with E-state index >= 15 is 0 Å². The van der Waals surface area contributed by atoms with E-state index in [1.165, 1.54) is 0 Å². The molecule has 0 spiro atoms. The molecule has 1 aliphatic heterocycles. The SMILES string of the molecule is CC1CCN(C(=O)Cc2c(Cl)cccc2Cl)C1CO. The van der Waals surface area contributed by atoms with Crippen LogP contribution < -0.4 is 0 Å². The number of hydrogen-bond donors (Lipinski definition) is 1. The van der Waals surface area contributed by atoms with Crippen molar-refractivity contribution in [3.63, 3.8) is 0 Å². The van der Waals surface area contributed by atoms with Crippen molar-refractivity contribution in [2.75, 3.05) is 13.2 Å². The summed E-state index contributed by atoms with van der Waals surface area (Å²) in [7, 11) is 0. The maximum atomic E-state index is 12.3. The van der Waals surface area contributed by atoms with Crippen LogP contribution in [0.15, 0.2) is 18.2 Å². The predicted octanol–water partition coefficient (Wildman–Crippen LogP) is 2.77. The predicted molar refractivity (Wildman–Crippen MR) is 76.5 cm³/mol. The van der Waals surface area contributed by atoms with Crippen molar-refractivity contribution in [3.05, 3.63) is 33.8 Å². The first kappa shape index (κ1) is 14.6. The van der Waals surface area contributed by atoms with Gasteiger partial charge in [0.05, 0.1) is 19.1 Å². The van der Waals surface area contributed by atoms with Crippen LogP contribution in [0.2, 0.25) is 10.0 Å². The molecule has 1 fully saturated rings. The third kappa shape index (κ3) is 3.04. The van der Waals surface area contributed by atoms with Crippen LogP contribution >= 0.6 is 23.2 Å². The van der Waals surface area contributed by atoms with Crippen molar-refractivity contribution in [1.29, 1.82) is 0 Å². The molecule has 104 valence electrons. The Kier molecular flexibility index (Phi) is 4.71. The van der Waals surface area contributed by atoms with E-state index in [9.17, 15) is 9.90 Å². The number of carbonyl (C=O) groups is 1. The topological polar surface area (TPSA) is 40.5 Å². The van der Waals surface area contributed by atoms with Crippen LogP contribution in [-0.2, 0) is 11.2 Å². The second-order valence-corrected chi connectivity index (χ2v) is 5.79. The number of aliphatic hydroxyl groups is 1. The fourth-order valence-electron chi connectivity index (χ4n) is 2.55. The molecule has 5 heteroatoms. The molecule has 1 aromatic rings. The Hall–Kier alpha value is -0.770. The Balaban J connectivity index is 2.13. The third-order valence-corrected chi connectivity index (χ3v) is 4.49. The molecule has 19 heavy (non-hydrogen) atoms. The molecule has 0 radical (unpaired) electrons. The molecule has 1 aliphatic rings. The Labute approximate surface area is 123 Å². The summed E-state index contributed by atoms with van der Waals surface area (Å²) in [6.45, 7) is 2.74. The second kappa shape index (κ2) is 6.12. The zero-order valence-electron chi connectivity index (χ0n) is 10.8. The number of aliphatic hydroxyl groups excluding tert-OH is 1. The lowest BCUT2D eigenvalue weighted by Gasteiger charge is -2.25. The van der Waals surface area contributed by atoms with Crippen LogP contribution in [0.1, 0.15) is 18.9 Å². The molecule has 1 aromatic carbocycles. The van der Waals surface area contributed by atoms with Crippen molar-refractivity contribution in [3.8, 4) is 0 Å². The minimum atomic E-state index is -0.0891. The van der Waals surface area contributed by atoms with Crippen molar-refractivity contribution < 1.29 is 9.90 Å². The molecular formula is C14H17Cl2NO2. The van der Waals surface area contributed by atoms with Gasteiger partial charge in [0, 0.05) is 16.6 Å². The van der Waals surface area contributed by atoms with E-state index in [1.807, 2.05) is 0 Å². The quantitative estimate of drug-likeness (QED) is 0.932. The smallest absolute Gasteiger partial charge is 0.227 e. The Morgan fingerprint density at radius 2 is 2.05 bits per heavy atom. The second-order valence-electron chi connectivity index (χ2n) is 4.98. The van der Waals surface area contributed by atoms with Gasteiger partial charge in [0.25, 0.3) is 0 Å². The molecule has 1 N–H and O–H groups in total. The van der Waals surface area contributed by atoms with Crippen LogP contribution in [0.5, 0.6) is 0 Å². The van der Waals surface area contributed by atoms with Gasteiger partial charge in [0.15, 0.2) is 0 Å². The number of likely N-dealkylation sites (tertiary alicyclic amines) is 1. The zero-order valence-corrected chi connectivity index (χ0v) is 12.3. The highest BCUT2D eigenvalue weighted by Crippen LogP contribution is 2.28. The molecule has 2 unspecified atom stereocenters. The van der Waals surface area contributed by atoms with Crippen molar-refractivity contribution >= 4 is 29.1 Å². The van der Waals surface area contributed by atoms with Gasteiger partial charge in [-0.15, -0.1) is 0 Å². The summed E-state index contributed by atoms with van der Waals surface area (Å²) in [4.78, 5) is 14.1. The first-order chi connectivity index (χ1) is 9.04. The van der Waals surface area contributed by atoms with E-state index < -0.39 is 0 Å². The molecule has 1 saturated heterocycles. The first-order valence-electron chi connectivity index (χ1n) is 6.37. The highest BCUT2D eigenvalue weighted by Gasteiger charge is 2.33. The molecule has 0 saturated carbocycles. The summed E-state index contributed by atoms with van der Waals surface area (Å²) in [6.07, 6.45) is 1.11. The summed E-state index contributed by atoms with van der Waals surface area (Å²) in [6, 6.07) is 5.12. The standard InChI is InChI=1S/C14H17Cl2NO2/c1-9-5-6-17(13(9)8-18)14(19)7-10-11(15)3-2-4-12(10)16/h2-4,9,13,18H,5-8H2,1H3. The minimum Gasteiger partial charge on any atom is -0.394 e. The van der Waals surface area contributed by atoms with Gasteiger partial charge in [-0.05, 0) is 30.0 Å². The van der Waals surface area contributed by atoms with Crippen molar-refractivity contribution in [2.45, 2.75) is 25.8 Å². The fourth-order valence-corrected chi connectivity index (χ4v) is 3.08. The maximum absolute atomic E-state index is 12.3. The number of amides is 1. The molecule has 2 atom stereocenters. The lowest BCUT2D eigenvalue weighted by molar-refractivity contribution is -0.132. The van der Waals surface area contributed by atoms with Crippen LogP contribution in [0, 0.1) is 5.92 Å². The van der Waals surface area contributed by atoms with Gasteiger partial charge in [-0.2, -0.15) is 0 Å². The number of hydrogen-bond acceptors (Lipinski definition) is 2. The highest BCUT2D eigenvalue weighted by molar-refractivity contribution is 6.36. The van der Waals surface area contributed by atoms with E-state index in [2.05, 4.69) is 6.92 Å². The number of carbonyl (C=O) groups excluding carboxylic acids is 1. The summed E-state index contributed by atoms with van der Waals surface area (Å²) < 4.78 is 0. The van der Waals surface area contributed by atoms with Gasteiger partial charge >= 0.3 is 0 Å². The van der Waals surface area contributed by atoms with E-state index in [-0.39, 0.29) is 25.0 Å². The summed E-state index contributed by atoms with van der Waals surface area (Å²) in [5.41, 5.74) is 0.659. The van der Waals surface area contributed by atoms with Gasteiger partial charge in [-0.25, -0.2) is 0 Å². The molecule has 3 nitrogen and oxygen atoms in total. The zero-order chi connectivity index (χ0) is 14.0. The van der Waals surface area contributed by atoms with Gasteiger partial charge in [0.1, 0.15) is 0 Å². The van der Waals surface area contributed by atoms with E-state index in [0.29, 0.717) is 28.1 Å². The molecule has 0 bridgehead atoms. The number of halogens is 2. The lowest BCUT2D eigenvalue weighted by atomic mass is 10.0. The molecule has 0 aromatic heterocycles. The summed E-state index contributed by atoms with van der Waals surface area (Å²) in [5.74, 6) is 0.300. The monoisotopic (exact) mass is 301 g/mol. The molecule has 0 aliphatic carbocycles. The van der Waals surface area contributed by atoms with Gasteiger partial charge in [-0.1, -0.05) is 36.2 Å². The Bertz CT molecular complexity index is 458. The van der Waals surface area contributed by atoms with Crippen LogP contribution in [0.25, 0.3) is 0 Å². The number of rotatable bonds is 3. The largest absolute Gasteiger partial charge is 0.394 e. The molecule has 1 heterocycles. The average molecular weight is 302 g/mol. The van der Waals surface area contributed by atoms with Gasteiger partial charge < -0.3 is 10.0 Å². The number of nitrogens with zero attached hydrogens (tertiary/aromatic N) is 1. The minimum absolute atomic E-state index is 0.00314. The summed E-state index contributed by atoms with van der Waals surface area (Å²) >= 11 is 12.1. The van der Waals surface area contributed by atoms with E-state index in [0.717, 1.165) is 6.42 Å². The lowest BCUT2D eigenvalue weighted by Crippen LogP contribution is -2.40. The Morgan fingerprint density at radius 1 is 1.42 bits per heavy atom. The Morgan fingerprint density at radius 3 is 2.63 bits per heavy atom. The molecule has 1 amide bonds. The molecule has 2 rings (SSSR count). The number of benzene rings is 1. The normalized spacial score (nSPS) is 22.8. The van der Waals surface area contributed by atoms with Gasteiger partial charge in [0.2, 0.25) is 5.91 Å². The summed E-state index contributed by atoms with van der Waals surface area (Å²) in [5, 5.41) is 10.4. The van der Waals surface area contributed by atoms with Gasteiger partial charge in [-0.3, -0.25) is 4.79 Å². The van der Waals surface area contributed by atoms with E-state index in [1.54, 1.807) is 23.1 Å². The first-order valence-corrected chi connectivity index (χ1v) is 7.13. The van der Waals surface area contributed by atoms with Crippen LogP contribution in [0.4, 0.5) is 0 Å². The highest BCUT2D eigenvalue weighted by atomic mass is 35.5. The third-order valence-electron chi connectivity index (χ3n) is 3.78. The van der Waals surface area contributed by atoms with Crippen LogP contribution in [0.3, 0.4) is 0 Å². The van der Waals surface area contributed by atoms with Crippen LogP contribution in [-0.4, -0.2) is 35.1 Å². The maximum Gasteiger partial charge on any atom is 0.227 e. The van der Waals surface area contributed by atoms with Crippen molar-refractivity contribution in [1.82, 2.24) is 4.90 Å². The van der Waals surface area contributed by atoms with E-state index in [4.69, 9.17) is 23.2 Å². The average Bonchev–Trinajstić information content (AvgIpc) is 2.75. The molecular weight excluding hydrogens is 285 g/mol. The fraction of sp³-hybridized carbons (Fsp3) is 0.500. The van der Waals surface area contributed by atoms with Crippen molar-refractivity contribution in [2.24, 2.45) is 5.92 Å².